The number of aromatic nitrogens is 1. The van der Waals surface area contributed by atoms with Crippen LogP contribution in [0.2, 0.25) is 0 Å². The zero-order valence-electron chi connectivity index (χ0n) is 17.4. The fourth-order valence-corrected chi connectivity index (χ4v) is 5.00. The molecule has 0 unspecified atom stereocenters. The van der Waals surface area contributed by atoms with E-state index in [1.165, 1.54) is 49.7 Å². The minimum Gasteiger partial charge on any atom is -0.384 e. The Morgan fingerprint density at radius 3 is 2.52 bits per heavy atom. The summed E-state index contributed by atoms with van der Waals surface area (Å²) in [5.41, 5.74) is 10.1. The summed E-state index contributed by atoms with van der Waals surface area (Å²) in [6.07, 6.45) is 1.90. The second-order valence-corrected chi connectivity index (χ2v) is 8.32. The Bertz CT molecular complexity index is 1440. The van der Waals surface area contributed by atoms with Gasteiger partial charge in [-0.05, 0) is 46.9 Å². The Labute approximate surface area is 182 Å². The summed E-state index contributed by atoms with van der Waals surface area (Å²) in [5, 5.41) is 6.06. The van der Waals surface area contributed by atoms with Gasteiger partial charge in [0.05, 0.1) is 11.0 Å². The molecule has 6 rings (SSSR count). The number of fused-ring (bicyclic) bond motifs is 4. The molecule has 0 saturated heterocycles. The van der Waals surface area contributed by atoms with Gasteiger partial charge in [0.25, 0.3) is 0 Å². The molecule has 2 heteroatoms. The average Bonchev–Trinajstić information content (AvgIpc) is 3.42. The quantitative estimate of drug-likeness (QED) is 0.339. The zero-order chi connectivity index (χ0) is 20.8. The van der Waals surface area contributed by atoms with Crippen molar-refractivity contribution in [3.05, 3.63) is 109 Å². The number of nitrogens with one attached hydrogen (secondary N) is 1. The van der Waals surface area contributed by atoms with E-state index in [4.69, 9.17) is 0 Å². The van der Waals surface area contributed by atoms with E-state index >= 15 is 0 Å². The third kappa shape index (κ3) is 2.95. The normalized spacial score (nSPS) is 12.8. The summed E-state index contributed by atoms with van der Waals surface area (Å²) in [6.45, 7) is 5.52. The standard InChI is InChI=1S/C29H24N2/c1-20(18-21-8-3-2-4-9-21)31-28-13-6-5-10-25(28)26-15-14-22(19-29(26)31)23-11-7-12-27-24(23)16-17-30-27/h2-15,19,30H,1,16-18H2. The maximum atomic E-state index is 4.51. The van der Waals surface area contributed by atoms with E-state index in [9.17, 15) is 0 Å². The Morgan fingerprint density at radius 1 is 0.806 bits per heavy atom. The number of para-hydroxylation sites is 1. The highest BCUT2D eigenvalue weighted by atomic mass is 15.0. The number of hydrogen-bond acceptors (Lipinski definition) is 1. The Hall–Kier alpha value is -3.78. The van der Waals surface area contributed by atoms with Gasteiger partial charge in [-0.15, -0.1) is 0 Å². The number of hydrogen-bond donors (Lipinski definition) is 1. The first-order valence-electron chi connectivity index (χ1n) is 10.9. The topological polar surface area (TPSA) is 17.0 Å². The van der Waals surface area contributed by atoms with Gasteiger partial charge < -0.3 is 9.88 Å². The summed E-state index contributed by atoms with van der Waals surface area (Å²) in [5.74, 6) is 0. The highest BCUT2D eigenvalue weighted by molar-refractivity contribution is 6.11. The van der Waals surface area contributed by atoms with E-state index in [1.807, 2.05) is 0 Å². The van der Waals surface area contributed by atoms with Crippen LogP contribution in [0.1, 0.15) is 11.1 Å². The minimum atomic E-state index is 0.823. The summed E-state index contributed by atoms with van der Waals surface area (Å²) >= 11 is 0. The lowest BCUT2D eigenvalue weighted by Gasteiger charge is -2.13. The van der Waals surface area contributed by atoms with Gasteiger partial charge >= 0.3 is 0 Å². The summed E-state index contributed by atoms with van der Waals surface area (Å²) in [7, 11) is 0. The lowest BCUT2D eigenvalue weighted by atomic mass is 9.97. The van der Waals surface area contributed by atoms with Gasteiger partial charge in [0, 0.05) is 35.1 Å². The molecule has 4 aromatic carbocycles. The lowest BCUT2D eigenvalue weighted by Crippen LogP contribution is -1.99. The van der Waals surface area contributed by atoms with Crippen molar-refractivity contribution in [2.24, 2.45) is 0 Å². The van der Waals surface area contributed by atoms with Crippen LogP contribution in [-0.4, -0.2) is 11.1 Å². The number of anilines is 1. The van der Waals surface area contributed by atoms with Crippen LogP contribution in [0.5, 0.6) is 0 Å². The molecule has 1 aromatic heterocycles. The van der Waals surface area contributed by atoms with Crippen molar-refractivity contribution in [1.82, 2.24) is 4.57 Å². The van der Waals surface area contributed by atoms with Gasteiger partial charge in [0.2, 0.25) is 0 Å². The molecule has 0 bridgehead atoms. The van der Waals surface area contributed by atoms with Crippen LogP contribution >= 0.6 is 0 Å². The molecule has 2 heterocycles. The molecule has 150 valence electrons. The van der Waals surface area contributed by atoms with Gasteiger partial charge in [0.1, 0.15) is 0 Å². The van der Waals surface area contributed by atoms with Gasteiger partial charge in [-0.3, -0.25) is 0 Å². The van der Waals surface area contributed by atoms with Gasteiger partial charge in [-0.1, -0.05) is 79.4 Å². The van der Waals surface area contributed by atoms with Crippen molar-refractivity contribution in [3.63, 3.8) is 0 Å². The Morgan fingerprint density at radius 2 is 1.61 bits per heavy atom. The van der Waals surface area contributed by atoms with E-state index in [1.54, 1.807) is 0 Å². The highest BCUT2D eigenvalue weighted by Gasteiger charge is 2.17. The van der Waals surface area contributed by atoms with Crippen LogP contribution in [0.3, 0.4) is 0 Å². The van der Waals surface area contributed by atoms with E-state index in [2.05, 4.69) is 107 Å². The molecule has 5 aromatic rings. The molecule has 0 radical (unpaired) electrons. The predicted molar refractivity (Wildman–Crippen MR) is 133 cm³/mol. The van der Waals surface area contributed by atoms with E-state index in [-0.39, 0.29) is 0 Å². The van der Waals surface area contributed by atoms with E-state index in [0.29, 0.717) is 0 Å². The lowest BCUT2D eigenvalue weighted by molar-refractivity contribution is 1.11. The van der Waals surface area contributed by atoms with Crippen LogP contribution in [-0.2, 0) is 12.8 Å². The molecule has 1 aliphatic heterocycles. The molecule has 31 heavy (non-hydrogen) atoms. The number of nitrogens with zero attached hydrogens (tertiary/aromatic N) is 1. The molecule has 0 amide bonds. The average molecular weight is 401 g/mol. The molecule has 1 N–H and O–H groups in total. The van der Waals surface area contributed by atoms with Crippen molar-refractivity contribution in [1.29, 1.82) is 0 Å². The Kier molecular flexibility index (Phi) is 4.17. The third-order valence-corrected chi connectivity index (χ3v) is 6.42. The van der Waals surface area contributed by atoms with Crippen LogP contribution in [0, 0.1) is 0 Å². The smallest absolute Gasteiger partial charge is 0.0543 e. The van der Waals surface area contributed by atoms with Gasteiger partial charge in [-0.2, -0.15) is 0 Å². The zero-order valence-corrected chi connectivity index (χ0v) is 17.4. The molecule has 0 fully saturated rings. The summed E-state index contributed by atoms with van der Waals surface area (Å²) in [6, 6.07) is 32.7. The van der Waals surface area contributed by atoms with Crippen molar-refractivity contribution in [3.8, 4) is 11.1 Å². The largest absolute Gasteiger partial charge is 0.384 e. The highest BCUT2D eigenvalue weighted by Crippen LogP contribution is 2.38. The van der Waals surface area contributed by atoms with Crippen molar-refractivity contribution >= 4 is 33.2 Å². The van der Waals surface area contributed by atoms with Crippen LogP contribution < -0.4 is 5.32 Å². The van der Waals surface area contributed by atoms with Crippen molar-refractivity contribution < 1.29 is 0 Å². The van der Waals surface area contributed by atoms with Gasteiger partial charge in [0.15, 0.2) is 0 Å². The number of benzene rings is 4. The molecule has 0 aliphatic carbocycles. The third-order valence-electron chi connectivity index (χ3n) is 6.42. The number of allylic oxidation sites excluding steroid dienone is 1. The molecule has 0 spiro atoms. The second kappa shape index (κ2) is 7.17. The molecular weight excluding hydrogens is 376 g/mol. The number of rotatable bonds is 4. The fraction of sp³-hybridized carbons (Fsp3) is 0.103. The van der Waals surface area contributed by atoms with Crippen molar-refractivity contribution in [2.75, 3.05) is 11.9 Å². The minimum absolute atomic E-state index is 0.823. The van der Waals surface area contributed by atoms with Gasteiger partial charge in [-0.25, -0.2) is 0 Å². The first kappa shape index (κ1) is 18.0. The predicted octanol–water partition coefficient (Wildman–Crippen LogP) is 7.14. The Balaban J connectivity index is 1.55. The monoisotopic (exact) mass is 400 g/mol. The van der Waals surface area contributed by atoms with Crippen LogP contribution in [0.25, 0.3) is 38.6 Å². The van der Waals surface area contributed by atoms with Crippen LogP contribution in [0.4, 0.5) is 5.69 Å². The SMILES string of the molecule is C=C(Cc1ccccc1)n1c2ccccc2c2ccc(-c3cccc4c3CCN4)cc21. The molecular formula is C29H24N2. The first-order chi connectivity index (χ1) is 15.3. The summed E-state index contributed by atoms with van der Waals surface area (Å²) < 4.78 is 2.35. The maximum absolute atomic E-state index is 4.51. The second-order valence-electron chi connectivity index (χ2n) is 8.32. The van der Waals surface area contributed by atoms with Crippen molar-refractivity contribution in [2.45, 2.75) is 12.8 Å². The fourth-order valence-electron chi connectivity index (χ4n) is 5.00. The van der Waals surface area contributed by atoms with E-state index < -0.39 is 0 Å². The van der Waals surface area contributed by atoms with E-state index in [0.717, 1.165) is 25.1 Å². The maximum Gasteiger partial charge on any atom is 0.0543 e. The molecule has 1 aliphatic rings. The molecule has 0 saturated carbocycles. The van der Waals surface area contributed by atoms with Crippen LogP contribution in [0.15, 0.2) is 97.6 Å². The molecule has 0 atom stereocenters. The summed E-state index contributed by atoms with van der Waals surface area (Å²) in [4.78, 5) is 0. The molecule has 2 nitrogen and oxygen atoms in total. The first-order valence-corrected chi connectivity index (χ1v) is 10.9.